The van der Waals surface area contributed by atoms with E-state index in [4.69, 9.17) is 0 Å². The average Bonchev–Trinajstić information content (AvgIpc) is 2.97. The van der Waals surface area contributed by atoms with Gasteiger partial charge in [-0.25, -0.2) is 0 Å². The highest BCUT2D eigenvalue weighted by Crippen LogP contribution is 2.53. The maximum atomic E-state index is 11.6. The topological polar surface area (TPSA) is 46.2 Å². The quantitative estimate of drug-likeness (QED) is 0.682. The molecular weight excluding hydrogens is 178 g/mol. The van der Waals surface area contributed by atoms with Crippen molar-refractivity contribution < 1.29 is 9.59 Å². The van der Waals surface area contributed by atoms with Gasteiger partial charge in [-0.3, -0.25) is 14.9 Å². The summed E-state index contributed by atoms with van der Waals surface area (Å²) in [5.74, 6) is 1.99. The molecule has 1 saturated heterocycles. The number of carbonyl (C=O) groups excluding carboxylic acids is 2. The lowest BCUT2D eigenvalue weighted by Crippen LogP contribution is -2.28. The lowest BCUT2D eigenvalue weighted by atomic mass is 9.83. The number of carbonyl (C=O) groups is 2. The number of rotatable bonds is 3. The Bertz CT molecular complexity index is 280. The fourth-order valence-corrected chi connectivity index (χ4v) is 2.89. The molecule has 1 aliphatic heterocycles. The van der Waals surface area contributed by atoms with E-state index in [-0.39, 0.29) is 17.7 Å². The smallest absolute Gasteiger partial charge is 0.230 e. The minimum atomic E-state index is -0.0636. The van der Waals surface area contributed by atoms with E-state index in [1.165, 1.54) is 25.7 Å². The average molecular weight is 193 g/mol. The van der Waals surface area contributed by atoms with Crippen LogP contribution in [-0.4, -0.2) is 11.8 Å². The first-order valence-electron chi connectivity index (χ1n) is 5.59. The van der Waals surface area contributed by atoms with E-state index < -0.39 is 0 Å². The van der Waals surface area contributed by atoms with E-state index in [2.05, 4.69) is 5.32 Å². The second kappa shape index (κ2) is 2.81. The van der Waals surface area contributed by atoms with Crippen LogP contribution >= 0.6 is 0 Å². The Morgan fingerprint density at radius 3 is 2.00 bits per heavy atom. The molecule has 3 rings (SSSR count). The highest BCUT2D eigenvalue weighted by Gasteiger charge is 2.50. The van der Waals surface area contributed by atoms with Gasteiger partial charge in [-0.2, -0.15) is 0 Å². The summed E-state index contributed by atoms with van der Waals surface area (Å²) in [4.78, 5) is 22.7. The summed E-state index contributed by atoms with van der Waals surface area (Å²) >= 11 is 0. The molecule has 0 radical (unpaired) electrons. The van der Waals surface area contributed by atoms with Crippen LogP contribution in [0.4, 0.5) is 0 Å². The third kappa shape index (κ3) is 1.35. The Morgan fingerprint density at radius 1 is 1.07 bits per heavy atom. The molecular formula is C11H15NO2. The van der Waals surface area contributed by atoms with Crippen molar-refractivity contribution in [3.05, 3.63) is 0 Å². The Hall–Kier alpha value is -0.860. The summed E-state index contributed by atoms with van der Waals surface area (Å²) in [7, 11) is 0. The molecule has 76 valence electrons. The van der Waals surface area contributed by atoms with E-state index in [0.717, 1.165) is 11.8 Å². The fraction of sp³-hybridized carbons (Fsp3) is 0.818. The van der Waals surface area contributed by atoms with Crippen LogP contribution in [0, 0.1) is 23.7 Å². The summed E-state index contributed by atoms with van der Waals surface area (Å²) < 4.78 is 0. The second-order valence-electron chi connectivity index (χ2n) is 4.98. The number of hydrogen-bond donors (Lipinski definition) is 1. The van der Waals surface area contributed by atoms with Crippen molar-refractivity contribution in [3.8, 4) is 0 Å². The summed E-state index contributed by atoms with van der Waals surface area (Å²) in [5, 5.41) is 2.43. The molecule has 0 bridgehead atoms. The van der Waals surface area contributed by atoms with Crippen molar-refractivity contribution in [2.45, 2.75) is 32.1 Å². The number of imide groups is 1. The molecule has 2 aliphatic carbocycles. The zero-order valence-corrected chi connectivity index (χ0v) is 8.16. The molecule has 2 saturated carbocycles. The first-order chi connectivity index (χ1) is 6.75. The molecule has 1 atom stereocenters. The van der Waals surface area contributed by atoms with Crippen LogP contribution in [0.1, 0.15) is 32.1 Å². The van der Waals surface area contributed by atoms with Crippen molar-refractivity contribution in [1.29, 1.82) is 0 Å². The Labute approximate surface area is 83.2 Å². The summed E-state index contributed by atoms with van der Waals surface area (Å²) in [6, 6.07) is 0. The normalized spacial score (nSPS) is 32.5. The van der Waals surface area contributed by atoms with Crippen LogP contribution in [0.2, 0.25) is 0 Å². The van der Waals surface area contributed by atoms with Gasteiger partial charge in [-0.15, -0.1) is 0 Å². The number of hydrogen-bond acceptors (Lipinski definition) is 2. The lowest BCUT2D eigenvalue weighted by molar-refractivity contribution is -0.126. The molecule has 2 amide bonds. The van der Waals surface area contributed by atoms with Crippen molar-refractivity contribution in [2.24, 2.45) is 23.7 Å². The molecule has 3 aliphatic rings. The van der Waals surface area contributed by atoms with Gasteiger partial charge in [0.1, 0.15) is 0 Å². The molecule has 1 heterocycles. The second-order valence-corrected chi connectivity index (χ2v) is 4.98. The molecule has 3 fully saturated rings. The molecule has 0 aromatic carbocycles. The monoisotopic (exact) mass is 193 g/mol. The SMILES string of the molecule is O=C1CC(C(C2CC2)C2CC2)C(=O)N1. The van der Waals surface area contributed by atoms with Crippen molar-refractivity contribution in [2.75, 3.05) is 0 Å². The van der Waals surface area contributed by atoms with E-state index in [0.29, 0.717) is 12.3 Å². The molecule has 1 unspecified atom stereocenters. The third-order valence-electron chi connectivity index (χ3n) is 3.80. The van der Waals surface area contributed by atoms with Crippen LogP contribution in [0.15, 0.2) is 0 Å². The molecule has 3 heteroatoms. The van der Waals surface area contributed by atoms with Crippen LogP contribution < -0.4 is 5.32 Å². The van der Waals surface area contributed by atoms with Gasteiger partial charge < -0.3 is 0 Å². The zero-order valence-electron chi connectivity index (χ0n) is 8.16. The predicted molar refractivity (Wildman–Crippen MR) is 50.2 cm³/mol. The summed E-state index contributed by atoms with van der Waals surface area (Å²) in [5.41, 5.74) is 0. The van der Waals surface area contributed by atoms with E-state index >= 15 is 0 Å². The maximum Gasteiger partial charge on any atom is 0.230 e. The molecule has 3 nitrogen and oxygen atoms in total. The van der Waals surface area contributed by atoms with Crippen LogP contribution in [0.5, 0.6) is 0 Å². The number of nitrogens with one attached hydrogen (secondary N) is 1. The highest BCUT2D eigenvalue weighted by molar-refractivity contribution is 6.03. The fourth-order valence-electron chi connectivity index (χ4n) is 2.89. The molecule has 0 aromatic rings. The lowest BCUT2D eigenvalue weighted by Gasteiger charge is -2.19. The van der Waals surface area contributed by atoms with Crippen molar-refractivity contribution in [1.82, 2.24) is 5.32 Å². The summed E-state index contributed by atoms with van der Waals surface area (Å²) in [6.07, 6.45) is 5.56. The Balaban J connectivity index is 1.77. The first-order valence-corrected chi connectivity index (χ1v) is 5.59. The van der Waals surface area contributed by atoms with E-state index in [1.54, 1.807) is 0 Å². The maximum absolute atomic E-state index is 11.6. The largest absolute Gasteiger partial charge is 0.296 e. The van der Waals surface area contributed by atoms with Crippen molar-refractivity contribution >= 4 is 11.8 Å². The van der Waals surface area contributed by atoms with Gasteiger partial charge in [0.2, 0.25) is 11.8 Å². The summed E-state index contributed by atoms with van der Waals surface area (Å²) in [6.45, 7) is 0. The molecule has 0 spiro atoms. The minimum Gasteiger partial charge on any atom is -0.296 e. The zero-order chi connectivity index (χ0) is 9.71. The third-order valence-corrected chi connectivity index (χ3v) is 3.80. The van der Waals surface area contributed by atoms with E-state index in [9.17, 15) is 9.59 Å². The van der Waals surface area contributed by atoms with Gasteiger partial charge in [-0.1, -0.05) is 0 Å². The number of amides is 2. The first kappa shape index (κ1) is 8.45. The molecule has 0 aromatic heterocycles. The van der Waals surface area contributed by atoms with Crippen LogP contribution in [-0.2, 0) is 9.59 Å². The van der Waals surface area contributed by atoms with E-state index in [1.807, 2.05) is 0 Å². The standard InChI is InChI=1S/C11H15NO2/c13-9-5-8(11(14)12-9)10(6-1-2-6)7-3-4-7/h6-8,10H,1-5H2,(H,12,13,14). The van der Waals surface area contributed by atoms with Gasteiger partial charge >= 0.3 is 0 Å². The van der Waals surface area contributed by atoms with Crippen molar-refractivity contribution in [3.63, 3.8) is 0 Å². The van der Waals surface area contributed by atoms with Gasteiger partial charge in [0.25, 0.3) is 0 Å². The van der Waals surface area contributed by atoms with Crippen LogP contribution in [0.25, 0.3) is 0 Å². The van der Waals surface area contributed by atoms with Gasteiger partial charge in [0, 0.05) is 6.42 Å². The molecule has 1 N–H and O–H groups in total. The predicted octanol–water partition coefficient (Wildman–Crippen LogP) is 1.09. The van der Waals surface area contributed by atoms with Crippen LogP contribution in [0.3, 0.4) is 0 Å². The highest BCUT2D eigenvalue weighted by atomic mass is 16.2. The van der Waals surface area contributed by atoms with Gasteiger partial charge in [0.05, 0.1) is 5.92 Å². The minimum absolute atomic E-state index is 0.00111. The van der Waals surface area contributed by atoms with Gasteiger partial charge in [-0.05, 0) is 43.4 Å². The van der Waals surface area contributed by atoms with Gasteiger partial charge in [0.15, 0.2) is 0 Å². The molecule has 14 heavy (non-hydrogen) atoms. The Morgan fingerprint density at radius 2 is 1.64 bits per heavy atom. The Kier molecular flexibility index (Phi) is 1.70.